The molecule has 2 amide bonds. The fraction of sp³-hybridized carbons (Fsp3) is 0.667. The number of hydrogen-bond donors (Lipinski definition) is 1. The second kappa shape index (κ2) is 6.48. The number of H-pyrrole nitrogens is 1. The van der Waals surface area contributed by atoms with Gasteiger partial charge in [-0.15, -0.1) is 0 Å². The van der Waals surface area contributed by atoms with Crippen molar-refractivity contribution >= 4 is 11.8 Å². The number of hydrogen-bond acceptors (Lipinski definition) is 4. The van der Waals surface area contributed by atoms with Crippen LogP contribution in [0.1, 0.15) is 31.5 Å². The van der Waals surface area contributed by atoms with Crippen molar-refractivity contribution in [3.63, 3.8) is 0 Å². The van der Waals surface area contributed by atoms with Gasteiger partial charge in [-0.05, 0) is 18.9 Å². The number of amides is 2. The zero-order valence-electron chi connectivity index (χ0n) is 12.8. The molecule has 1 atom stereocenters. The quantitative estimate of drug-likeness (QED) is 0.866. The molecule has 2 saturated heterocycles. The molecule has 2 aliphatic rings. The Bertz CT molecular complexity index is 523. The molecule has 0 radical (unpaired) electrons. The summed E-state index contributed by atoms with van der Waals surface area (Å²) in [6, 6.07) is 1.80. The fourth-order valence-electron chi connectivity index (χ4n) is 3.25. The lowest BCUT2D eigenvalue weighted by Gasteiger charge is -2.39. The second-order valence-electron chi connectivity index (χ2n) is 5.91. The third-order valence-electron chi connectivity index (χ3n) is 4.58. The molecule has 120 valence electrons. The van der Waals surface area contributed by atoms with Gasteiger partial charge in [0.2, 0.25) is 11.8 Å². The Morgan fingerprint density at radius 2 is 2.09 bits per heavy atom. The van der Waals surface area contributed by atoms with Crippen LogP contribution in [0.3, 0.4) is 0 Å². The Morgan fingerprint density at radius 3 is 2.73 bits per heavy atom. The van der Waals surface area contributed by atoms with Gasteiger partial charge >= 0.3 is 0 Å². The molecule has 22 heavy (non-hydrogen) atoms. The molecular weight excluding hydrogens is 284 g/mol. The first-order valence-electron chi connectivity index (χ1n) is 7.80. The Balaban J connectivity index is 1.66. The van der Waals surface area contributed by atoms with Gasteiger partial charge in [0, 0.05) is 38.7 Å². The minimum atomic E-state index is -0.0883. The van der Waals surface area contributed by atoms with Crippen molar-refractivity contribution in [1.29, 1.82) is 0 Å². The van der Waals surface area contributed by atoms with Crippen LogP contribution < -0.4 is 0 Å². The Labute approximate surface area is 129 Å². The lowest BCUT2D eigenvalue weighted by Crippen LogP contribution is -2.48. The number of piperidine rings is 1. The van der Waals surface area contributed by atoms with Crippen LogP contribution in [-0.2, 0) is 14.3 Å². The first kappa shape index (κ1) is 15.0. The third kappa shape index (κ3) is 2.99. The number of aromatic nitrogens is 2. The molecule has 0 aliphatic carbocycles. The molecule has 2 fully saturated rings. The number of nitrogens with one attached hydrogen (secondary N) is 1. The van der Waals surface area contributed by atoms with E-state index in [0.717, 1.165) is 18.5 Å². The van der Waals surface area contributed by atoms with Gasteiger partial charge < -0.3 is 14.5 Å². The predicted octanol–water partition coefficient (Wildman–Crippen LogP) is 0.568. The summed E-state index contributed by atoms with van der Waals surface area (Å²) in [4.78, 5) is 28.0. The molecule has 1 N–H and O–H groups in total. The number of aromatic amines is 1. The number of morpholine rings is 1. The van der Waals surface area contributed by atoms with E-state index in [9.17, 15) is 9.59 Å². The minimum absolute atomic E-state index is 0.000813. The zero-order valence-corrected chi connectivity index (χ0v) is 12.8. The normalized spacial score (nSPS) is 23.6. The second-order valence-corrected chi connectivity index (χ2v) is 5.91. The van der Waals surface area contributed by atoms with E-state index in [1.807, 2.05) is 15.9 Å². The highest BCUT2D eigenvalue weighted by Gasteiger charge is 2.35. The number of carbonyl (C=O) groups excluding carboxylic acids is 2. The van der Waals surface area contributed by atoms with Gasteiger partial charge in [-0.3, -0.25) is 14.7 Å². The van der Waals surface area contributed by atoms with E-state index in [4.69, 9.17) is 4.74 Å². The van der Waals surface area contributed by atoms with Crippen molar-refractivity contribution in [2.45, 2.75) is 25.8 Å². The van der Waals surface area contributed by atoms with E-state index >= 15 is 0 Å². The lowest BCUT2D eigenvalue weighted by molar-refractivity contribution is -0.147. The van der Waals surface area contributed by atoms with Gasteiger partial charge in [0.05, 0.1) is 24.9 Å². The maximum absolute atomic E-state index is 12.9. The van der Waals surface area contributed by atoms with Gasteiger partial charge in [0.1, 0.15) is 0 Å². The molecule has 1 aromatic rings. The molecule has 3 rings (SSSR count). The van der Waals surface area contributed by atoms with Crippen molar-refractivity contribution < 1.29 is 14.3 Å². The van der Waals surface area contributed by atoms with Crippen molar-refractivity contribution in [3.05, 3.63) is 18.0 Å². The highest BCUT2D eigenvalue weighted by atomic mass is 16.5. The summed E-state index contributed by atoms with van der Waals surface area (Å²) in [6.45, 7) is 4.60. The molecule has 0 bridgehead atoms. The summed E-state index contributed by atoms with van der Waals surface area (Å²) in [7, 11) is 0. The molecule has 7 heteroatoms. The first-order chi connectivity index (χ1) is 10.7. The Morgan fingerprint density at radius 1 is 1.32 bits per heavy atom. The third-order valence-corrected chi connectivity index (χ3v) is 4.58. The number of rotatable bonds is 2. The number of ether oxygens (including phenoxy) is 1. The van der Waals surface area contributed by atoms with E-state index < -0.39 is 0 Å². The first-order valence-corrected chi connectivity index (χ1v) is 7.80. The van der Waals surface area contributed by atoms with Crippen LogP contribution in [0.15, 0.2) is 12.3 Å². The smallest absolute Gasteiger partial charge is 0.226 e. The van der Waals surface area contributed by atoms with Crippen molar-refractivity contribution in [1.82, 2.24) is 20.0 Å². The van der Waals surface area contributed by atoms with Crippen LogP contribution in [0.5, 0.6) is 0 Å². The molecule has 0 saturated carbocycles. The van der Waals surface area contributed by atoms with Crippen LogP contribution in [-0.4, -0.2) is 64.7 Å². The lowest BCUT2D eigenvalue weighted by atomic mass is 9.94. The van der Waals surface area contributed by atoms with Gasteiger partial charge in [-0.1, -0.05) is 0 Å². The Hall–Kier alpha value is -1.89. The number of carbonyl (C=O) groups is 2. The van der Waals surface area contributed by atoms with Crippen molar-refractivity contribution in [2.75, 3.05) is 32.8 Å². The summed E-state index contributed by atoms with van der Waals surface area (Å²) >= 11 is 0. The largest absolute Gasteiger partial charge is 0.377 e. The molecule has 0 unspecified atom stereocenters. The van der Waals surface area contributed by atoms with Crippen molar-refractivity contribution in [2.24, 2.45) is 5.92 Å². The molecule has 1 aromatic heterocycles. The highest BCUT2D eigenvalue weighted by Crippen LogP contribution is 2.27. The summed E-state index contributed by atoms with van der Waals surface area (Å²) in [5.74, 6) is 0.262. The predicted molar refractivity (Wildman–Crippen MR) is 78.8 cm³/mol. The zero-order chi connectivity index (χ0) is 15.5. The minimum Gasteiger partial charge on any atom is -0.377 e. The van der Waals surface area contributed by atoms with Crippen LogP contribution in [0, 0.1) is 5.92 Å². The van der Waals surface area contributed by atoms with Gasteiger partial charge in [-0.25, -0.2) is 0 Å². The number of nitrogens with zero attached hydrogens (tertiary/aromatic N) is 3. The van der Waals surface area contributed by atoms with E-state index in [0.29, 0.717) is 32.8 Å². The number of likely N-dealkylation sites (tertiary alicyclic amines) is 1. The molecule has 2 aliphatic heterocycles. The molecule has 0 spiro atoms. The van der Waals surface area contributed by atoms with Crippen LogP contribution in [0.25, 0.3) is 0 Å². The van der Waals surface area contributed by atoms with E-state index in [1.54, 1.807) is 13.1 Å². The standard InChI is InChI=1S/C15H22N4O3/c1-11(20)18-6-3-12(4-7-18)15(21)19-8-9-22-10-14(19)13-2-5-16-17-13/h2,5,12,14H,3-4,6-10H2,1H3,(H,16,17)/t14-/m1/s1. The molecule has 7 nitrogen and oxygen atoms in total. The van der Waals surface area contributed by atoms with Gasteiger partial charge in [0.25, 0.3) is 0 Å². The van der Waals surface area contributed by atoms with E-state index in [-0.39, 0.29) is 23.8 Å². The molecular formula is C15H22N4O3. The summed E-state index contributed by atoms with van der Waals surface area (Å²) in [6.07, 6.45) is 3.18. The monoisotopic (exact) mass is 306 g/mol. The fourth-order valence-corrected chi connectivity index (χ4v) is 3.25. The van der Waals surface area contributed by atoms with E-state index in [2.05, 4.69) is 10.2 Å². The van der Waals surface area contributed by atoms with Crippen LogP contribution in [0.4, 0.5) is 0 Å². The molecule has 3 heterocycles. The Kier molecular flexibility index (Phi) is 4.42. The topological polar surface area (TPSA) is 78.5 Å². The van der Waals surface area contributed by atoms with Gasteiger partial charge in [-0.2, -0.15) is 5.10 Å². The summed E-state index contributed by atoms with van der Waals surface area (Å²) in [5, 5.41) is 6.91. The summed E-state index contributed by atoms with van der Waals surface area (Å²) in [5.41, 5.74) is 0.911. The van der Waals surface area contributed by atoms with Gasteiger partial charge in [0.15, 0.2) is 0 Å². The SMILES string of the molecule is CC(=O)N1CCC(C(=O)N2CCOC[C@@H]2c2ccn[nH]2)CC1. The van der Waals surface area contributed by atoms with Crippen LogP contribution in [0.2, 0.25) is 0 Å². The maximum Gasteiger partial charge on any atom is 0.226 e. The summed E-state index contributed by atoms with van der Waals surface area (Å²) < 4.78 is 5.53. The molecule has 0 aromatic carbocycles. The maximum atomic E-state index is 12.9. The van der Waals surface area contributed by atoms with Crippen molar-refractivity contribution in [3.8, 4) is 0 Å². The average molecular weight is 306 g/mol. The highest BCUT2D eigenvalue weighted by molar-refractivity contribution is 5.80. The van der Waals surface area contributed by atoms with Crippen LogP contribution >= 0.6 is 0 Å². The van der Waals surface area contributed by atoms with E-state index in [1.165, 1.54) is 0 Å². The average Bonchev–Trinajstić information content (AvgIpc) is 3.08.